The fourth-order valence-electron chi connectivity index (χ4n) is 4.99. The second-order valence-electron chi connectivity index (χ2n) is 10.3. The van der Waals surface area contributed by atoms with Crippen molar-refractivity contribution in [2.75, 3.05) is 43.1 Å². The molecule has 0 radical (unpaired) electrons. The lowest BCUT2D eigenvalue weighted by atomic mass is 10.1. The van der Waals surface area contributed by atoms with E-state index in [4.69, 9.17) is 14.7 Å². The molecule has 0 aliphatic carbocycles. The molecule has 5 rings (SSSR count). The van der Waals surface area contributed by atoms with Gasteiger partial charge in [0.2, 0.25) is 0 Å². The van der Waals surface area contributed by atoms with Crippen LogP contribution < -0.4 is 19.9 Å². The van der Waals surface area contributed by atoms with Crippen molar-refractivity contribution in [3.8, 4) is 5.75 Å². The molecule has 1 fully saturated rings. The predicted octanol–water partition coefficient (Wildman–Crippen LogP) is 6.21. The van der Waals surface area contributed by atoms with Gasteiger partial charge in [0.25, 0.3) is 5.91 Å². The quantitative estimate of drug-likeness (QED) is 0.190. The number of aromatic nitrogens is 2. The summed E-state index contributed by atoms with van der Waals surface area (Å²) in [6.45, 7) is 9.80. The molecule has 1 N–H and O–H groups in total. The number of methoxy groups -OCH3 is 1. The number of carbonyl (C=O) groups is 1. The van der Waals surface area contributed by atoms with E-state index in [0.29, 0.717) is 11.3 Å². The Bertz CT molecular complexity index is 1470. The van der Waals surface area contributed by atoms with Crippen LogP contribution in [0.4, 0.5) is 11.5 Å². The van der Waals surface area contributed by atoms with Crippen LogP contribution in [0.2, 0.25) is 0 Å². The van der Waals surface area contributed by atoms with E-state index in [0.717, 1.165) is 65.3 Å². The summed E-state index contributed by atoms with van der Waals surface area (Å²) in [5.41, 5.74) is 6.13. The van der Waals surface area contributed by atoms with Crippen LogP contribution >= 0.6 is 11.8 Å². The lowest BCUT2D eigenvalue weighted by Gasteiger charge is -2.37. The Morgan fingerprint density at radius 1 is 0.927 bits per heavy atom. The molecule has 0 unspecified atom stereocenters. The molecule has 3 aromatic carbocycles. The highest BCUT2D eigenvalue weighted by Crippen LogP contribution is 2.28. The van der Waals surface area contributed by atoms with Gasteiger partial charge in [-0.3, -0.25) is 4.79 Å². The second kappa shape index (κ2) is 13.1. The van der Waals surface area contributed by atoms with E-state index >= 15 is 0 Å². The first-order chi connectivity index (χ1) is 19.9. The van der Waals surface area contributed by atoms with Crippen molar-refractivity contribution in [2.45, 2.75) is 37.7 Å². The normalized spacial score (nSPS) is 14.0. The third kappa shape index (κ3) is 7.00. The molecular formula is C33H37N5O2S. The summed E-state index contributed by atoms with van der Waals surface area (Å²) in [6.07, 6.45) is 0. The van der Waals surface area contributed by atoms with Gasteiger partial charge in [0.05, 0.1) is 13.2 Å². The highest BCUT2D eigenvalue weighted by molar-refractivity contribution is 7.98. The Labute approximate surface area is 247 Å². The van der Waals surface area contributed by atoms with Crippen molar-refractivity contribution < 1.29 is 9.53 Å². The van der Waals surface area contributed by atoms with E-state index in [-0.39, 0.29) is 11.9 Å². The first kappa shape index (κ1) is 28.5. The summed E-state index contributed by atoms with van der Waals surface area (Å²) in [4.78, 5) is 27.5. The van der Waals surface area contributed by atoms with Crippen LogP contribution in [0.15, 0.2) is 84.0 Å². The van der Waals surface area contributed by atoms with Crippen LogP contribution in [0.25, 0.3) is 0 Å². The number of nitrogens with one attached hydrogen (secondary N) is 1. The molecule has 0 bridgehead atoms. The largest absolute Gasteiger partial charge is 0.497 e. The molecule has 1 aromatic heterocycles. The number of aryl methyl sites for hydroxylation is 1. The van der Waals surface area contributed by atoms with Crippen LogP contribution in [0.3, 0.4) is 0 Å². The monoisotopic (exact) mass is 567 g/mol. The van der Waals surface area contributed by atoms with Gasteiger partial charge in [-0.25, -0.2) is 9.97 Å². The van der Waals surface area contributed by atoms with Gasteiger partial charge in [-0.2, -0.15) is 0 Å². The Morgan fingerprint density at radius 2 is 1.63 bits per heavy atom. The fraction of sp³-hybridized carbons (Fsp3) is 0.303. The van der Waals surface area contributed by atoms with Gasteiger partial charge in [0.15, 0.2) is 5.16 Å². The summed E-state index contributed by atoms with van der Waals surface area (Å²) < 4.78 is 5.30. The summed E-state index contributed by atoms with van der Waals surface area (Å²) in [6, 6.07) is 26.0. The highest BCUT2D eigenvalue weighted by atomic mass is 32.2. The summed E-state index contributed by atoms with van der Waals surface area (Å²) in [5.74, 6) is 2.49. The maximum absolute atomic E-state index is 12.9. The van der Waals surface area contributed by atoms with Crippen molar-refractivity contribution in [1.29, 1.82) is 0 Å². The van der Waals surface area contributed by atoms with Crippen LogP contribution in [0.1, 0.15) is 45.7 Å². The average molecular weight is 568 g/mol. The molecule has 1 amide bonds. The number of thioether (sulfide) groups is 1. The van der Waals surface area contributed by atoms with Crippen molar-refractivity contribution in [2.24, 2.45) is 0 Å². The molecule has 4 aromatic rings. The standard InChI is InChI=1S/C33H37N5O2S/c1-23-24(2)35-33(36-31(23)38-19-17-37(18-20-38)29-13-15-30(40-4)16-14-29)41-22-26-9-8-12-28(21-26)32(39)34-25(3)27-10-6-5-7-11-27/h5-16,21,25H,17-20,22H2,1-4H3,(H,34,39)/t25-/m1/s1. The number of amides is 1. The van der Waals surface area contributed by atoms with Gasteiger partial charge in [-0.1, -0.05) is 54.2 Å². The number of anilines is 2. The second-order valence-corrected chi connectivity index (χ2v) is 11.2. The zero-order chi connectivity index (χ0) is 28.8. The van der Waals surface area contributed by atoms with E-state index in [9.17, 15) is 4.79 Å². The molecule has 2 heterocycles. The number of carbonyl (C=O) groups excluding carboxylic acids is 1. The molecular weight excluding hydrogens is 530 g/mol. The lowest BCUT2D eigenvalue weighted by molar-refractivity contribution is 0.0940. The van der Waals surface area contributed by atoms with Crippen LogP contribution in [-0.2, 0) is 5.75 Å². The van der Waals surface area contributed by atoms with E-state index in [1.165, 1.54) is 5.69 Å². The smallest absolute Gasteiger partial charge is 0.251 e. The van der Waals surface area contributed by atoms with Gasteiger partial charge in [-0.15, -0.1) is 0 Å². The van der Waals surface area contributed by atoms with Gasteiger partial charge in [-0.05, 0) is 68.3 Å². The fourth-order valence-corrected chi connectivity index (χ4v) is 5.81. The Hall–Kier alpha value is -4.04. The highest BCUT2D eigenvalue weighted by Gasteiger charge is 2.22. The maximum Gasteiger partial charge on any atom is 0.251 e. The number of benzene rings is 3. The molecule has 8 heteroatoms. The zero-order valence-electron chi connectivity index (χ0n) is 24.1. The number of piperazine rings is 1. The van der Waals surface area contributed by atoms with Crippen molar-refractivity contribution >= 4 is 29.2 Å². The summed E-state index contributed by atoms with van der Waals surface area (Å²) >= 11 is 1.60. The topological polar surface area (TPSA) is 70.6 Å². The van der Waals surface area contributed by atoms with E-state index < -0.39 is 0 Å². The number of hydrogen-bond acceptors (Lipinski definition) is 7. The molecule has 0 saturated carbocycles. The molecule has 0 spiro atoms. The number of rotatable bonds is 9. The first-order valence-electron chi connectivity index (χ1n) is 14.0. The minimum absolute atomic E-state index is 0.0674. The zero-order valence-corrected chi connectivity index (χ0v) is 24.9. The molecule has 1 aliphatic rings. The van der Waals surface area contributed by atoms with E-state index in [1.807, 2.05) is 73.7 Å². The summed E-state index contributed by atoms with van der Waals surface area (Å²) in [7, 11) is 1.69. The van der Waals surface area contributed by atoms with E-state index in [1.54, 1.807) is 18.9 Å². The van der Waals surface area contributed by atoms with Crippen LogP contribution in [-0.4, -0.2) is 49.2 Å². The molecule has 212 valence electrons. The van der Waals surface area contributed by atoms with Gasteiger partial charge < -0.3 is 19.9 Å². The average Bonchev–Trinajstić information content (AvgIpc) is 3.02. The Balaban J connectivity index is 1.21. The lowest BCUT2D eigenvalue weighted by Crippen LogP contribution is -2.47. The SMILES string of the molecule is COc1ccc(N2CCN(c3nc(SCc4cccc(C(=O)N[C@H](C)c5ccccc5)c4)nc(C)c3C)CC2)cc1. The third-order valence-corrected chi connectivity index (χ3v) is 8.48. The van der Waals surface area contributed by atoms with Gasteiger partial charge in [0, 0.05) is 54.4 Å². The molecule has 1 saturated heterocycles. The molecule has 41 heavy (non-hydrogen) atoms. The minimum atomic E-state index is -0.0771. The molecule has 1 aliphatic heterocycles. The Kier molecular flexibility index (Phi) is 9.09. The van der Waals surface area contributed by atoms with Gasteiger partial charge in [0.1, 0.15) is 11.6 Å². The number of hydrogen-bond donors (Lipinski definition) is 1. The van der Waals surface area contributed by atoms with Crippen molar-refractivity contribution in [1.82, 2.24) is 15.3 Å². The minimum Gasteiger partial charge on any atom is -0.497 e. The summed E-state index contributed by atoms with van der Waals surface area (Å²) in [5, 5.41) is 3.86. The van der Waals surface area contributed by atoms with Crippen molar-refractivity contribution in [3.05, 3.63) is 107 Å². The first-order valence-corrected chi connectivity index (χ1v) is 15.0. The van der Waals surface area contributed by atoms with E-state index in [2.05, 4.69) is 41.1 Å². The van der Waals surface area contributed by atoms with Crippen molar-refractivity contribution in [3.63, 3.8) is 0 Å². The molecule has 1 atom stereocenters. The van der Waals surface area contributed by atoms with Gasteiger partial charge >= 0.3 is 0 Å². The Morgan fingerprint density at radius 3 is 2.34 bits per heavy atom. The number of nitrogens with zero attached hydrogens (tertiary/aromatic N) is 4. The molecule has 7 nitrogen and oxygen atoms in total. The third-order valence-electron chi connectivity index (χ3n) is 7.56. The maximum atomic E-state index is 12.9. The predicted molar refractivity (Wildman–Crippen MR) is 167 cm³/mol. The van der Waals surface area contributed by atoms with Crippen LogP contribution in [0, 0.1) is 13.8 Å². The number of ether oxygens (including phenoxy) is 1. The van der Waals surface area contributed by atoms with Crippen LogP contribution in [0.5, 0.6) is 5.75 Å².